The molecule has 0 saturated heterocycles. The fourth-order valence-electron chi connectivity index (χ4n) is 1.54. The van der Waals surface area contributed by atoms with Gasteiger partial charge in [0, 0.05) is 18.1 Å². The number of esters is 1. The Hall–Kier alpha value is -1.12. The summed E-state index contributed by atoms with van der Waals surface area (Å²) in [6.45, 7) is -0.441. The Morgan fingerprint density at radius 1 is 1.32 bits per heavy atom. The molecular weight excluding hydrogens is 369 g/mol. The lowest BCUT2D eigenvalue weighted by Crippen LogP contribution is -2.33. The van der Waals surface area contributed by atoms with Crippen molar-refractivity contribution >= 4 is 50.5 Å². The van der Waals surface area contributed by atoms with Crippen molar-refractivity contribution in [1.29, 1.82) is 0 Å². The third kappa shape index (κ3) is 3.99. The van der Waals surface area contributed by atoms with Crippen LogP contribution in [0, 0.1) is 0 Å². The van der Waals surface area contributed by atoms with Gasteiger partial charge in [0.1, 0.15) is 10.8 Å². The largest absolute Gasteiger partial charge is 0.424 e. The van der Waals surface area contributed by atoms with Gasteiger partial charge in [-0.1, -0.05) is 29.3 Å². The van der Waals surface area contributed by atoms with E-state index in [9.17, 15) is 13.2 Å². The Morgan fingerprint density at radius 3 is 2.68 bits per heavy atom. The highest BCUT2D eigenvalue weighted by Crippen LogP contribution is 2.28. The van der Waals surface area contributed by atoms with E-state index in [4.69, 9.17) is 27.9 Å². The topological polar surface area (TPSA) is 63.7 Å². The van der Waals surface area contributed by atoms with Crippen LogP contribution in [0.4, 0.5) is 0 Å². The third-order valence-electron chi connectivity index (χ3n) is 2.63. The lowest BCUT2D eigenvalue weighted by atomic mass is 10.3. The van der Waals surface area contributed by atoms with E-state index < -0.39 is 22.5 Å². The van der Waals surface area contributed by atoms with Gasteiger partial charge in [-0.2, -0.15) is 4.31 Å². The molecule has 0 saturated carbocycles. The fourth-order valence-corrected chi connectivity index (χ4v) is 4.18. The van der Waals surface area contributed by atoms with E-state index in [2.05, 4.69) is 0 Å². The zero-order chi connectivity index (χ0) is 16.3. The second-order valence-electron chi connectivity index (χ2n) is 4.24. The van der Waals surface area contributed by atoms with E-state index in [0.29, 0.717) is 5.02 Å². The van der Waals surface area contributed by atoms with Crippen LogP contribution < -0.4 is 4.74 Å². The summed E-state index contributed by atoms with van der Waals surface area (Å²) >= 11 is 12.7. The monoisotopic (exact) mass is 379 g/mol. The summed E-state index contributed by atoms with van der Waals surface area (Å²) in [5.74, 6) is -0.673. The minimum absolute atomic E-state index is 0.0843. The van der Waals surface area contributed by atoms with Crippen LogP contribution >= 0.6 is 34.5 Å². The predicted molar refractivity (Wildman–Crippen MR) is 86.2 cm³/mol. The number of ether oxygens (including phenoxy) is 1. The van der Waals surface area contributed by atoms with Crippen molar-refractivity contribution in [3.63, 3.8) is 0 Å². The zero-order valence-corrected chi connectivity index (χ0v) is 14.5. The quantitative estimate of drug-likeness (QED) is 0.590. The summed E-state index contributed by atoms with van der Waals surface area (Å²) in [5.41, 5.74) is 0. The minimum Gasteiger partial charge on any atom is -0.424 e. The van der Waals surface area contributed by atoms with Gasteiger partial charge in [0.15, 0.2) is 5.75 Å². The number of hydrogen-bond donors (Lipinski definition) is 0. The zero-order valence-electron chi connectivity index (χ0n) is 11.3. The van der Waals surface area contributed by atoms with Gasteiger partial charge in [-0.15, -0.1) is 11.3 Å². The number of rotatable bonds is 5. The molecule has 22 heavy (non-hydrogen) atoms. The molecule has 0 aliphatic carbocycles. The average Bonchev–Trinajstić information content (AvgIpc) is 2.97. The molecule has 0 radical (unpaired) electrons. The van der Waals surface area contributed by atoms with E-state index in [1.165, 1.54) is 25.2 Å². The van der Waals surface area contributed by atoms with E-state index in [-0.39, 0.29) is 15.0 Å². The second-order valence-corrected chi connectivity index (χ2v) is 8.31. The lowest BCUT2D eigenvalue weighted by molar-refractivity contribution is -0.134. The maximum atomic E-state index is 12.2. The van der Waals surface area contributed by atoms with Gasteiger partial charge in [-0.25, -0.2) is 8.42 Å². The molecule has 1 aromatic carbocycles. The van der Waals surface area contributed by atoms with Gasteiger partial charge < -0.3 is 4.74 Å². The number of halogens is 2. The number of carbonyl (C=O) groups excluding carboxylic acids is 1. The van der Waals surface area contributed by atoms with Crippen molar-refractivity contribution in [3.8, 4) is 5.75 Å². The van der Waals surface area contributed by atoms with Gasteiger partial charge in [-0.3, -0.25) is 4.79 Å². The molecule has 0 N–H and O–H groups in total. The van der Waals surface area contributed by atoms with Gasteiger partial charge >= 0.3 is 5.97 Å². The first kappa shape index (κ1) is 17.2. The average molecular weight is 380 g/mol. The van der Waals surface area contributed by atoms with Crippen molar-refractivity contribution in [2.75, 3.05) is 13.6 Å². The van der Waals surface area contributed by atoms with Crippen LogP contribution in [-0.4, -0.2) is 32.3 Å². The van der Waals surface area contributed by atoms with Crippen LogP contribution in [-0.2, 0) is 14.8 Å². The molecule has 0 aliphatic rings. The van der Waals surface area contributed by atoms with E-state index in [1.807, 2.05) is 0 Å². The van der Waals surface area contributed by atoms with Crippen LogP contribution in [0.3, 0.4) is 0 Å². The van der Waals surface area contributed by atoms with Gasteiger partial charge in [0.25, 0.3) is 10.0 Å². The molecule has 0 fully saturated rings. The third-order valence-corrected chi connectivity index (χ3v) is 6.35. The number of nitrogens with zero attached hydrogens (tertiary/aromatic N) is 1. The van der Waals surface area contributed by atoms with E-state index in [1.54, 1.807) is 17.5 Å². The first-order valence-electron chi connectivity index (χ1n) is 5.96. The van der Waals surface area contributed by atoms with Crippen molar-refractivity contribution in [2.45, 2.75) is 4.21 Å². The number of benzene rings is 1. The van der Waals surface area contributed by atoms with E-state index in [0.717, 1.165) is 15.6 Å². The molecule has 5 nitrogen and oxygen atoms in total. The van der Waals surface area contributed by atoms with Crippen LogP contribution in [0.5, 0.6) is 5.75 Å². The van der Waals surface area contributed by atoms with Crippen LogP contribution in [0.2, 0.25) is 10.0 Å². The molecule has 0 bridgehead atoms. The van der Waals surface area contributed by atoms with Crippen molar-refractivity contribution in [1.82, 2.24) is 4.31 Å². The molecule has 0 unspecified atom stereocenters. The van der Waals surface area contributed by atoms with Crippen LogP contribution in [0.1, 0.15) is 0 Å². The smallest absolute Gasteiger partial charge is 0.326 e. The van der Waals surface area contributed by atoms with Gasteiger partial charge in [0.2, 0.25) is 0 Å². The number of sulfonamides is 1. The van der Waals surface area contributed by atoms with Crippen molar-refractivity contribution in [2.24, 2.45) is 0 Å². The number of carbonyl (C=O) groups is 1. The molecule has 0 amide bonds. The summed E-state index contributed by atoms with van der Waals surface area (Å²) < 4.78 is 30.5. The fraction of sp³-hybridized carbons (Fsp3) is 0.154. The molecular formula is C13H11Cl2NO4S2. The number of thiophene rings is 1. The maximum Gasteiger partial charge on any atom is 0.326 e. The lowest BCUT2D eigenvalue weighted by Gasteiger charge is -2.15. The first-order valence-corrected chi connectivity index (χ1v) is 9.04. The standard InChI is InChI=1S/C13H11Cl2NO4S2/c1-16(22(18,19)13-3-2-6-21-13)8-12(17)20-11-7-9(14)4-5-10(11)15/h2-7H,8H2,1H3. The molecule has 9 heteroatoms. The van der Waals surface area contributed by atoms with Crippen molar-refractivity contribution in [3.05, 3.63) is 45.8 Å². The highest BCUT2D eigenvalue weighted by atomic mass is 35.5. The van der Waals surface area contributed by atoms with Gasteiger partial charge in [-0.05, 0) is 23.6 Å². The molecule has 0 atom stereocenters. The summed E-state index contributed by atoms with van der Waals surface area (Å²) in [6, 6.07) is 7.51. The molecule has 2 rings (SSSR count). The Morgan fingerprint density at radius 2 is 2.05 bits per heavy atom. The number of hydrogen-bond acceptors (Lipinski definition) is 5. The highest BCUT2D eigenvalue weighted by Gasteiger charge is 2.24. The SMILES string of the molecule is CN(CC(=O)Oc1cc(Cl)ccc1Cl)S(=O)(=O)c1cccs1. The number of likely N-dealkylation sites (N-methyl/N-ethyl adjacent to an activating group) is 1. The van der Waals surface area contributed by atoms with Crippen molar-refractivity contribution < 1.29 is 17.9 Å². The second kappa shape index (κ2) is 6.97. The van der Waals surface area contributed by atoms with Crippen LogP contribution in [0.25, 0.3) is 0 Å². The Labute approximate surface area is 142 Å². The highest BCUT2D eigenvalue weighted by molar-refractivity contribution is 7.91. The minimum atomic E-state index is -3.71. The molecule has 1 heterocycles. The molecule has 1 aromatic heterocycles. The molecule has 2 aromatic rings. The van der Waals surface area contributed by atoms with E-state index >= 15 is 0 Å². The molecule has 0 spiro atoms. The summed E-state index contributed by atoms with van der Waals surface area (Å²) in [7, 11) is -2.41. The normalized spacial score (nSPS) is 11.6. The predicted octanol–water partition coefficient (Wildman–Crippen LogP) is 3.28. The maximum absolute atomic E-state index is 12.2. The Balaban J connectivity index is 2.07. The summed E-state index contributed by atoms with van der Waals surface area (Å²) in [5, 5.41) is 2.21. The summed E-state index contributed by atoms with van der Waals surface area (Å²) in [4.78, 5) is 11.9. The van der Waals surface area contributed by atoms with Gasteiger partial charge in [0.05, 0.1) is 5.02 Å². The molecule has 118 valence electrons. The Kier molecular flexibility index (Phi) is 5.46. The van der Waals surface area contributed by atoms with Crippen LogP contribution in [0.15, 0.2) is 39.9 Å². The summed E-state index contributed by atoms with van der Waals surface area (Å²) in [6.07, 6.45) is 0. The Bertz CT molecular complexity index is 775. The first-order chi connectivity index (χ1) is 10.3. The molecule has 0 aliphatic heterocycles.